The first-order chi connectivity index (χ1) is 9.66. The van der Waals surface area contributed by atoms with Crippen LogP contribution in [0.25, 0.3) is 0 Å². The predicted molar refractivity (Wildman–Crippen MR) is 75.5 cm³/mol. The van der Waals surface area contributed by atoms with Crippen molar-refractivity contribution < 1.29 is 13.9 Å². The first-order valence-corrected chi connectivity index (χ1v) is 6.81. The zero-order valence-corrected chi connectivity index (χ0v) is 11.9. The summed E-state index contributed by atoms with van der Waals surface area (Å²) in [6.45, 7) is 0.628. The lowest BCUT2D eigenvalue weighted by Gasteiger charge is -2.29. The topological polar surface area (TPSA) is 42.4 Å². The van der Waals surface area contributed by atoms with Crippen LogP contribution in [0.5, 0.6) is 5.75 Å². The molecule has 0 saturated carbocycles. The van der Waals surface area contributed by atoms with Gasteiger partial charge in [0.15, 0.2) is 5.82 Å². The average molecular weight is 337 g/mol. The van der Waals surface area contributed by atoms with E-state index in [4.69, 9.17) is 4.74 Å². The Morgan fingerprint density at radius 2 is 2.20 bits per heavy atom. The number of nitrogens with zero attached hydrogens (tertiary/aromatic N) is 2. The summed E-state index contributed by atoms with van der Waals surface area (Å²) < 4.78 is 20.1. The second-order valence-electron chi connectivity index (χ2n) is 4.25. The minimum absolute atomic E-state index is 0.175. The molecule has 102 valence electrons. The van der Waals surface area contributed by atoms with Crippen molar-refractivity contribution >= 4 is 27.5 Å². The maximum atomic E-state index is 14.0. The van der Waals surface area contributed by atoms with Crippen molar-refractivity contribution in [3.63, 3.8) is 0 Å². The molecule has 1 amide bonds. The molecule has 0 unspecified atom stereocenters. The molecule has 2 aromatic rings. The van der Waals surface area contributed by atoms with Crippen LogP contribution in [0.1, 0.15) is 10.5 Å². The fraction of sp³-hybridized carbons (Fsp3) is 0.143. The van der Waals surface area contributed by atoms with Gasteiger partial charge in [-0.05, 0) is 40.2 Å². The van der Waals surface area contributed by atoms with Gasteiger partial charge in [0.1, 0.15) is 23.7 Å². The van der Waals surface area contributed by atoms with Gasteiger partial charge in [0.2, 0.25) is 0 Å². The molecule has 0 atom stereocenters. The van der Waals surface area contributed by atoms with Crippen LogP contribution < -0.4 is 9.64 Å². The summed E-state index contributed by atoms with van der Waals surface area (Å²) in [7, 11) is 0. The molecular weight excluding hydrogens is 327 g/mol. The van der Waals surface area contributed by atoms with Gasteiger partial charge in [-0.3, -0.25) is 9.69 Å². The molecule has 0 radical (unpaired) electrons. The van der Waals surface area contributed by atoms with E-state index >= 15 is 0 Å². The summed E-state index contributed by atoms with van der Waals surface area (Å²) in [6.07, 6.45) is 1.54. The molecule has 1 aliphatic heterocycles. The van der Waals surface area contributed by atoms with Crippen molar-refractivity contribution in [3.8, 4) is 5.75 Å². The van der Waals surface area contributed by atoms with Crippen LogP contribution >= 0.6 is 15.9 Å². The molecule has 0 saturated heterocycles. The number of anilines is 1. The van der Waals surface area contributed by atoms with Crippen LogP contribution in [0.15, 0.2) is 41.0 Å². The van der Waals surface area contributed by atoms with E-state index in [0.29, 0.717) is 18.9 Å². The Labute approximate surface area is 123 Å². The van der Waals surface area contributed by atoms with Crippen molar-refractivity contribution in [2.75, 3.05) is 18.1 Å². The molecule has 6 heteroatoms. The zero-order chi connectivity index (χ0) is 14.1. The monoisotopic (exact) mass is 336 g/mol. The molecule has 2 heterocycles. The number of benzene rings is 1. The van der Waals surface area contributed by atoms with E-state index in [1.807, 2.05) is 0 Å². The van der Waals surface area contributed by atoms with Crippen molar-refractivity contribution in [2.24, 2.45) is 0 Å². The summed E-state index contributed by atoms with van der Waals surface area (Å²) in [5, 5.41) is 0. The fourth-order valence-electron chi connectivity index (χ4n) is 2.08. The van der Waals surface area contributed by atoms with Crippen molar-refractivity contribution in [1.82, 2.24) is 4.98 Å². The quantitative estimate of drug-likeness (QED) is 0.803. The number of para-hydroxylation sites is 1. The number of carbonyl (C=O) groups is 1. The highest BCUT2D eigenvalue weighted by atomic mass is 79.9. The van der Waals surface area contributed by atoms with Crippen molar-refractivity contribution in [2.45, 2.75) is 0 Å². The van der Waals surface area contributed by atoms with Gasteiger partial charge in [-0.2, -0.15) is 0 Å². The Bertz CT molecular complexity index is 661. The molecule has 3 rings (SSSR count). The van der Waals surface area contributed by atoms with Crippen LogP contribution in [0.2, 0.25) is 0 Å². The van der Waals surface area contributed by atoms with Crippen LogP contribution in [0, 0.1) is 5.82 Å². The minimum atomic E-state index is -0.479. The SMILES string of the molecule is O=C(c1ccc(Br)cn1)N1CCOc2cccc(F)c21. The summed E-state index contributed by atoms with van der Waals surface area (Å²) in [6, 6.07) is 7.83. The number of hydrogen-bond acceptors (Lipinski definition) is 3. The van der Waals surface area contributed by atoms with Gasteiger partial charge < -0.3 is 4.74 Å². The third-order valence-corrected chi connectivity index (χ3v) is 3.45. The van der Waals surface area contributed by atoms with E-state index in [1.54, 1.807) is 24.3 Å². The smallest absolute Gasteiger partial charge is 0.277 e. The Hall–Kier alpha value is -1.95. The highest BCUT2D eigenvalue weighted by Crippen LogP contribution is 2.34. The minimum Gasteiger partial charge on any atom is -0.489 e. The summed E-state index contributed by atoms with van der Waals surface area (Å²) >= 11 is 3.26. The lowest BCUT2D eigenvalue weighted by molar-refractivity contribution is 0.0970. The van der Waals surface area contributed by atoms with Gasteiger partial charge in [0.05, 0.1) is 6.54 Å². The maximum Gasteiger partial charge on any atom is 0.277 e. The van der Waals surface area contributed by atoms with Crippen LogP contribution in [-0.2, 0) is 0 Å². The average Bonchev–Trinajstić information content (AvgIpc) is 2.47. The first kappa shape index (κ1) is 13.1. The lowest BCUT2D eigenvalue weighted by Crippen LogP contribution is -2.39. The number of carbonyl (C=O) groups excluding carboxylic acids is 1. The lowest BCUT2D eigenvalue weighted by atomic mass is 10.2. The molecule has 1 aromatic heterocycles. The number of aromatic nitrogens is 1. The number of ether oxygens (including phenoxy) is 1. The van der Waals surface area contributed by atoms with E-state index in [9.17, 15) is 9.18 Å². The molecule has 0 bridgehead atoms. The number of halogens is 2. The molecule has 20 heavy (non-hydrogen) atoms. The molecule has 0 aliphatic carbocycles. The van der Waals surface area contributed by atoms with E-state index < -0.39 is 5.82 Å². The number of hydrogen-bond donors (Lipinski definition) is 0. The van der Waals surface area contributed by atoms with E-state index in [-0.39, 0.29) is 17.3 Å². The summed E-state index contributed by atoms with van der Waals surface area (Å²) in [4.78, 5) is 17.9. The second-order valence-corrected chi connectivity index (χ2v) is 5.17. The third kappa shape index (κ3) is 2.27. The molecule has 0 spiro atoms. The van der Waals surface area contributed by atoms with Gasteiger partial charge >= 0.3 is 0 Å². The van der Waals surface area contributed by atoms with Crippen LogP contribution in [-0.4, -0.2) is 24.0 Å². The summed E-state index contributed by atoms with van der Waals surface area (Å²) in [5.41, 5.74) is 0.442. The molecule has 4 nitrogen and oxygen atoms in total. The third-order valence-electron chi connectivity index (χ3n) is 2.98. The highest BCUT2D eigenvalue weighted by molar-refractivity contribution is 9.10. The van der Waals surface area contributed by atoms with Gasteiger partial charge in [-0.1, -0.05) is 6.07 Å². The molecule has 1 aromatic carbocycles. The first-order valence-electron chi connectivity index (χ1n) is 6.01. The van der Waals surface area contributed by atoms with Crippen molar-refractivity contribution in [3.05, 3.63) is 52.5 Å². The largest absolute Gasteiger partial charge is 0.489 e. The second kappa shape index (κ2) is 5.20. The molecule has 0 fully saturated rings. The van der Waals surface area contributed by atoms with E-state index in [0.717, 1.165) is 4.47 Å². The van der Waals surface area contributed by atoms with Crippen LogP contribution in [0.3, 0.4) is 0 Å². The Kier molecular flexibility index (Phi) is 3.40. The normalized spacial score (nSPS) is 13.6. The number of fused-ring (bicyclic) bond motifs is 1. The number of amides is 1. The fourth-order valence-corrected chi connectivity index (χ4v) is 2.31. The predicted octanol–water partition coefficient (Wildman–Crippen LogP) is 3.02. The maximum absolute atomic E-state index is 14.0. The van der Waals surface area contributed by atoms with E-state index in [1.165, 1.54) is 17.2 Å². The Morgan fingerprint density at radius 1 is 1.35 bits per heavy atom. The number of pyridine rings is 1. The van der Waals surface area contributed by atoms with E-state index in [2.05, 4.69) is 20.9 Å². The Morgan fingerprint density at radius 3 is 2.95 bits per heavy atom. The van der Waals surface area contributed by atoms with Crippen molar-refractivity contribution in [1.29, 1.82) is 0 Å². The summed E-state index contributed by atoms with van der Waals surface area (Å²) in [5.74, 6) is -0.443. The molecule has 1 aliphatic rings. The van der Waals surface area contributed by atoms with Gasteiger partial charge in [-0.15, -0.1) is 0 Å². The van der Waals surface area contributed by atoms with Gasteiger partial charge in [-0.25, -0.2) is 9.37 Å². The Balaban J connectivity index is 2.00. The van der Waals surface area contributed by atoms with Gasteiger partial charge in [0, 0.05) is 10.7 Å². The number of rotatable bonds is 1. The standard InChI is InChI=1S/C14H10BrFN2O2/c15-9-4-5-11(17-8-9)14(19)18-6-7-20-12-3-1-2-10(16)13(12)18/h1-5,8H,6-7H2. The zero-order valence-electron chi connectivity index (χ0n) is 10.3. The highest BCUT2D eigenvalue weighted by Gasteiger charge is 2.28. The molecule has 0 N–H and O–H groups in total. The van der Waals surface area contributed by atoms with Crippen LogP contribution in [0.4, 0.5) is 10.1 Å². The van der Waals surface area contributed by atoms with Gasteiger partial charge in [0.25, 0.3) is 5.91 Å². The molecular formula is C14H10BrFN2O2.